The second-order valence-corrected chi connectivity index (χ2v) is 8.14. The highest BCUT2D eigenvalue weighted by molar-refractivity contribution is 6.83. The molecule has 0 heterocycles. The monoisotopic (exact) mass is 164 g/mol. The molecule has 0 atom stereocenters. The van der Waals surface area contributed by atoms with Gasteiger partial charge in [0.15, 0.2) is 0 Å². The molecule has 0 aromatic carbocycles. The Bertz CT molecular complexity index is 115. The van der Waals surface area contributed by atoms with Gasteiger partial charge in [-0.15, -0.1) is 0 Å². The summed E-state index contributed by atoms with van der Waals surface area (Å²) in [6.45, 7) is 6.56. The maximum absolute atomic E-state index is 5.50. The molecule has 9 heavy (non-hydrogen) atoms. The molecule has 0 aliphatic carbocycles. The van der Waals surface area contributed by atoms with Crippen LogP contribution in [0.1, 0.15) is 0 Å². The highest BCUT2D eigenvalue weighted by Gasteiger charge is 2.19. The third kappa shape index (κ3) is 2.91. The molecule has 0 bridgehead atoms. The van der Waals surface area contributed by atoms with Crippen LogP contribution in [0.5, 0.6) is 0 Å². The van der Waals surface area contributed by atoms with Crippen molar-refractivity contribution in [2.75, 3.05) is 7.11 Å². The van der Waals surface area contributed by atoms with Crippen LogP contribution >= 0.6 is 11.6 Å². The lowest BCUT2D eigenvalue weighted by Gasteiger charge is -2.17. The molecule has 0 amide bonds. The van der Waals surface area contributed by atoms with Crippen molar-refractivity contribution in [3.05, 3.63) is 10.9 Å². The van der Waals surface area contributed by atoms with Gasteiger partial charge in [-0.05, 0) is 0 Å². The first-order chi connectivity index (χ1) is 4.02. The van der Waals surface area contributed by atoms with E-state index >= 15 is 0 Å². The molecule has 0 fully saturated rings. The Balaban J connectivity index is 4.14. The normalized spacial score (nSPS) is 13.7. The van der Waals surface area contributed by atoms with Gasteiger partial charge >= 0.3 is 0 Å². The van der Waals surface area contributed by atoms with Crippen molar-refractivity contribution >= 4 is 19.7 Å². The zero-order valence-corrected chi connectivity index (χ0v) is 8.12. The van der Waals surface area contributed by atoms with Crippen LogP contribution in [-0.4, -0.2) is 15.2 Å². The minimum absolute atomic E-state index is 0.948. The second kappa shape index (κ2) is 3.27. The number of rotatable bonds is 2. The van der Waals surface area contributed by atoms with Crippen molar-refractivity contribution in [1.82, 2.24) is 0 Å². The minimum atomic E-state index is -1.28. The lowest BCUT2D eigenvalue weighted by atomic mass is 11.1. The highest BCUT2D eigenvalue weighted by atomic mass is 35.5. The number of methoxy groups -OCH3 is 1. The average Bonchev–Trinajstić information content (AvgIpc) is 1.65. The van der Waals surface area contributed by atoms with Crippen molar-refractivity contribution in [3.8, 4) is 0 Å². The van der Waals surface area contributed by atoms with E-state index in [2.05, 4.69) is 19.6 Å². The van der Waals surface area contributed by atoms with E-state index in [1.54, 1.807) is 7.11 Å². The van der Waals surface area contributed by atoms with Crippen molar-refractivity contribution in [3.63, 3.8) is 0 Å². The molecule has 0 rings (SSSR count). The minimum Gasteiger partial charge on any atom is -0.505 e. The number of hydrogen-bond acceptors (Lipinski definition) is 1. The van der Waals surface area contributed by atoms with Crippen molar-refractivity contribution in [2.24, 2.45) is 0 Å². The number of halogens is 1. The first-order valence-electron chi connectivity index (χ1n) is 2.87. The summed E-state index contributed by atoms with van der Waals surface area (Å²) in [5.74, 6) is 0. The molecule has 54 valence electrons. The summed E-state index contributed by atoms with van der Waals surface area (Å²) in [5, 5.41) is 0.948. The standard InChI is InChI=1S/C6H13ClOSi/c1-8-6(5-7)9(2,3)4/h5H,1-4H3. The van der Waals surface area contributed by atoms with Gasteiger partial charge in [0.25, 0.3) is 0 Å². The van der Waals surface area contributed by atoms with Gasteiger partial charge in [-0.3, -0.25) is 0 Å². The molecule has 0 aromatic heterocycles. The summed E-state index contributed by atoms with van der Waals surface area (Å²) >= 11 is 5.50. The van der Waals surface area contributed by atoms with E-state index in [1.807, 2.05) is 0 Å². The van der Waals surface area contributed by atoms with Crippen LogP contribution in [0.4, 0.5) is 0 Å². The fourth-order valence-corrected chi connectivity index (χ4v) is 2.53. The van der Waals surface area contributed by atoms with Gasteiger partial charge in [-0.2, -0.15) is 0 Å². The van der Waals surface area contributed by atoms with Gasteiger partial charge in [0.05, 0.1) is 12.5 Å². The summed E-state index contributed by atoms with van der Waals surface area (Å²) in [6, 6.07) is 0. The predicted octanol–water partition coefficient (Wildman–Crippen LogP) is 2.59. The van der Waals surface area contributed by atoms with E-state index in [4.69, 9.17) is 16.3 Å². The highest BCUT2D eigenvalue weighted by Crippen LogP contribution is 2.14. The Morgan fingerprint density at radius 2 is 1.89 bits per heavy atom. The second-order valence-electron chi connectivity index (χ2n) is 2.93. The van der Waals surface area contributed by atoms with E-state index in [0.717, 1.165) is 5.38 Å². The molecule has 0 spiro atoms. The van der Waals surface area contributed by atoms with Gasteiger partial charge in [-0.1, -0.05) is 31.2 Å². The molecule has 0 saturated carbocycles. The van der Waals surface area contributed by atoms with E-state index in [0.29, 0.717) is 0 Å². The van der Waals surface area contributed by atoms with Crippen molar-refractivity contribution in [2.45, 2.75) is 19.6 Å². The number of ether oxygens (including phenoxy) is 1. The van der Waals surface area contributed by atoms with Gasteiger partial charge < -0.3 is 4.74 Å². The third-order valence-corrected chi connectivity index (χ3v) is 3.27. The largest absolute Gasteiger partial charge is 0.505 e. The molecule has 0 saturated heterocycles. The predicted molar refractivity (Wildman–Crippen MR) is 44.3 cm³/mol. The van der Waals surface area contributed by atoms with Crippen LogP contribution in [-0.2, 0) is 4.74 Å². The molecular formula is C6H13ClOSi. The Kier molecular flexibility index (Phi) is 3.29. The first kappa shape index (κ1) is 9.05. The Morgan fingerprint density at radius 3 is 1.89 bits per heavy atom. The fraction of sp³-hybridized carbons (Fsp3) is 0.667. The smallest absolute Gasteiger partial charge is 0.123 e. The van der Waals surface area contributed by atoms with E-state index in [-0.39, 0.29) is 0 Å². The van der Waals surface area contributed by atoms with Crippen LogP contribution < -0.4 is 0 Å². The number of hydrogen-bond donors (Lipinski definition) is 0. The molecular weight excluding hydrogens is 152 g/mol. The Morgan fingerprint density at radius 1 is 1.44 bits per heavy atom. The molecule has 0 aromatic rings. The maximum Gasteiger partial charge on any atom is 0.123 e. The van der Waals surface area contributed by atoms with Gasteiger partial charge in [0.1, 0.15) is 8.07 Å². The average molecular weight is 165 g/mol. The summed E-state index contributed by atoms with van der Waals surface area (Å²) in [7, 11) is 0.379. The SMILES string of the molecule is COC(=CCl)[Si](C)(C)C. The quantitative estimate of drug-likeness (QED) is 0.451. The van der Waals surface area contributed by atoms with Crippen LogP contribution in [0.2, 0.25) is 19.6 Å². The van der Waals surface area contributed by atoms with Crippen LogP contribution in [0.25, 0.3) is 0 Å². The van der Waals surface area contributed by atoms with Crippen LogP contribution in [0, 0.1) is 0 Å². The Labute approximate surface area is 62.7 Å². The molecule has 0 radical (unpaired) electrons. The Hall–Kier alpha value is 0.0469. The van der Waals surface area contributed by atoms with Crippen LogP contribution in [0.15, 0.2) is 10.9 Å². The molecule has 0 aliphatic heterocycles. The van der Waals surface area contributed by atoms with Crippen LogP contribution in [0.3, 0.4) is 0 Å². The maximum atomic E-state index is 5.50. The molecule has 0 N–H and O–H groups in total. The fourth-order valence-electron chi connectivity index (χ4n) is 0.514. The topological polar surface area (TPSA) is 9.23 Å². The molecule has 1 nitrogen and oxygen atoms in total. The molecule has 0 aliphatic rings. The summed E-state index contributed by atoms with van der Waals surface area (Å²) in [6.07, 6.45) is 0. The lowest BCUT2D eigenvalue weighted by molar-refractivity contribution is 0.317. The van der Waals surface area contributed by atoms with Gasteiger partial charge in [0.2, 0.25) is 0 Å². The summed E-state index contributed by atoms with van der Waals surface area (Å²) in [4.78, 5) is 0. The van der Waals surface area contributed by atoms with E-state index in [1.165, 1.54) is 5.54 Å². The van der Waals surface area contributed by atoms with Gasteiger partial charge in [-0.25, -0.2) is 0 Å². The third-order valence-electron chi connectivity index (χ3n) is 1.06. The zero-order valence-electron chi connectivity index (χ0n) is 6.36. The molecule has 3 heteroatoms. The van der Waals surface area contributed by atoms with Gasteiger partial charge in [0, 0.05) is 5.54 Å². The summed E-state index contributed by atoms with van der Waals surface area (Å²) < 4.78 is 5.05. The van der Waals surface area contributed by atoms with Crippen molar-refractivity contribution < 1.29 is 4.74 Å². The zero-order chi connectivity index (χ0) is 7.49. The molecule has 0 unspecified atom stereocenters. The first-order valence-corrected chi connectivity index (χ1v) is 6.81. The van der Waals surface area contributed by atoms with Crippen molar-refractivity contribution in [1.29, 1.82) is 0 Å². The van der Waals surface area contributed by atoms with E-state index in [9.17, 15) is 0 Å². The summed E-state index contributed by atoms with van der Waals surface area (Å²) in [5.41, 5.74) is 1.53. The van der Waals surface area contributed by atoms with E-state index < -0.39 is 8.07 Å². The lowest BCUT2D eigenvalue weighted by Crippen LogP contribution is -2.24.